The molecule has 1 atom stereocenters. The highest BCUT2D eigenvalue weighted by Crippen LogP contribution is 2.11. The minimum atomic E-state index is -0.854. The van der Waals surface area contributed by atoms with E-state index in [4.69, 9.17) is 14.2 Å². The molecule has 0 bridgehead atoms. The van der Waals surface area contributed by atoms with E-state index in [1.807, 2.05) is 97.2 Å². The Morgan fingerprint density at radius 2 is 0.774 bits per heavy atom. The molecule has 0 spiro atoms. The highest BCUT2D eigenvalue weighted by Gasteiger charge is 2.19. The number of hydrogen-bond acceptors (Lipinski definition) is 6. The van der Waals surface area contributed by atoms with Gasteiger partial charge in [0, 0.05) is 19.3 Å². The number of esters is 3. The SMILES string of the molecule is CC\C=C/C=C\C=C/C=C\C=C/CCCC(=O)OC(COC(=O)CC/C=C\C/C=C\CCCCCCCC)COC(=O)CCCCCCC\C=C/C=C\C=C/C=C\C=C/CCC. The van der Waals surface area contributed by atoms with Crippen LogP contribution in [0.1, 0.15) is 168 Å². The molecule has 0 heterocycles. The van der Waals surface area contributed by atoms with Gasteiger partial charge in [-0.1, -0.05) is 224 Å². The molecule has 6 heteroatoms. The van der Waals surface area contributed by atoms with Gasteiger partial charge in [-0.3, -0.25) is 14.4 Å². The van der Waals surface area contributed by atoms with Gasteiger partial charge in [-0.2, -0.15) is 0 Å². The molecule has 0 aromatic rings. The first-order valence-corrected chi connectivity index (χ1v) is 24.0. The van der Waals surface area contributed by atoms with Crippen LogP contribution in [0.5, 0.6) is 0 Å². The summed E-state index contributed by atoms with van der Waals surface area (Å²) in [5, 5.41) is 0. The van der Waals surface area contributed by atoms with Crippen LogP contribution in [-0.2, 0) is 28.6 Å². The van der Waals surface area contributed by atoms with Gasteiger partial charge in [0.1, 0.15) is 13.2 Å². The zero-order chi connectivity index (χ0) is 45.1. The van der Waals surface area contributed by atoms with E-state index >= 15 is 0 Å². The molecule has 0 rings (SSSR count). The molecular formula is C56H84O6. The molecule has 0 saturated carbocycles. The van der Waals surface area contributed by atoms with E-state index in [-0.39, 0.29) is 38.0 Å². The molecule has 0 aromatic carbocycles. The summed E-state index contributed by atoms with van der Waals surface area (Å²) < 4.78 is 16.6. The average Bonchev–Trinajstić information content (AvgIpc) is 3.27. The van der Waals surface area contributed by atoms with Crippen molar-refractivity contribution in [1.82, 2.24) is 0 Å². The predicted octanol–water partition coefficient (Wildman–Crippen LogP) is 15.7. The maximum absolute atomic E-state index is 12.7. The largest absolute Gasteiger partial charge is 0.462 e. The number of hydrogen-bond donors (Lipinski definition) is 0. The van der Waals surface area contributed by atoms with Crippen LogP contribution in [0, 0.1) is 0 Å². The zero-order valence-corrected chi connectivity index (χ0v) is 39.1. The molecule has 0 radical (unpaired) electrons. The second-order valence-corrected chi connectivity index (χ2v) is 15.2. The van der Waals surface area contributed by atoms with Gasteiger partial charge >= 0.3 is 17.9 Å². The third-order valence-corrected chi connectivity index (χ3v) is 9.30. The molecular weight excluding hydrogens is 769 g/mol. The lowest BCUT2D eigenvalue weighted by Gasteiger charge is -2.18. The van der Waals surface area contributed by atoms with Crippen molar-refractivity contribution >= 4 is 17.9 Å². The second kappa shape index (κ2) is 49.0. The number of allylic oxidation sites excluding steroid dienone is 24. The van der Waals surface area contributed by atoms with Crippen molar-refractivity contribution in [3.63, 3.8) is 0 Å². The van der Waals surface area contributed by atoms with Crippen LogP contribution >= 0.6 is 0 Å². The zero-order valence-electron chi connectivity index (χ0n) is 39.1. The van der Waals surface area contributed by atoms with Crippen molar-refractivity contribution < 1.29 is 28.6 Å². The molecule has 6 nitrogen and oxygen atoms in total. The summed E-state index contributed by atoms with van der Waals surface area (Å²) in [6, 6.07) is 0. The average molecular weight is 853 g/mol. The van der Waals surface area contributed by atoms with Crippen molar-refractivity contribution in [3.05, 3.63) is 146 Å². The van der Waals surface area contributed by atoms with Gasteiger partial charge in [0.15, 0.2) is 6.10 Å². The summed E-state index contributed by atoms with van der Waals surface area (Å²) in [7, 11) is 0. The smallest absolute Gasteiger partial charge is 0.306 e. The van der Waals surface area contributed by atoms with Crippen molar-refractivity contribution in [2.24, 2.45) is 0 Å². The number of rotatable bonds is 40. The van der Waals surface area contributed by atoms with Gasteiger partial charge in [0.05, 0.1) is 0 Å². The van der Waals surface area contributed by atoms with Gasteiger partial charge < -0.3 is 14.2 Å². The van der Waals surface area contributed by atoms with Crippen LogP contribution in [-0.4, -0.2) is 37.2 Å². The number of ether oxygens (including phenoxy) is 3. The fraction of sp³-hybridized carbons (Fsp3) is 0.518. The number of carbonyl (C=O) groups excluding carboxylic acids is 3. The summed E-state index contributed by atoms with van der Waals surface area (Å²) in [6.07, 6.45) is 69.9. The van der Waals surface area contributed by atoms with Crippen molar-refractivity contribution in [2.45, 2.75) is 175 Å². The molecule has 0 aromatic heterocycles. The molecule has 0 aliphatic heterocycles. The monoisotopic (exact) mass is 853 g/mol. The number of unbranched alkanes of at least 4 members (excludes halogenated alkanes) is 13. The molecule has 0 fully saturated rings. The Hall–Kier alpha value is -4.71. The summed E-state index contributed by atoms with van der Waals surface area (Å²) in [4.78, 5) is 37.8. The standard InChI is InChI=1S/C56H84O6/c1-4-7-10-13-16-19-22-25-26-27-28-29-32-34-37-40-43-46-49-55(58)61-52-53(62-56(59)50-47-44-41-38-35-31-24-21-18-15-12-9-6-3)51-60-54(57)48-45-42-39-36-33-30-23-20-17-14-11-8-5-2/h9-10,12-13,15-16,18-19,21-22,24-31,33,35,38-39,41-42,53H,4-8,11,14,17,20,23,32,34,36-37,40,43-52H2,1-3H3/b12-9-,13-10-,18-15-,19-16-,24-21-,25-22-,27-26-,29-28-,33-30-,35-31-,41-38-,42-39-. The first kappa shape index (κ1) is 57.3. The fourth-order valence-corrected chi connectivity index (χ4v) is 5.73. The highest BCUT2D eigenvalue weighted by molar-refractivity contribution is 5.71. The molecule has 0 saturated heterocycles. The minimum Gasteiger partial charge on any atom is -0.462 e. The van der Waals surface area contributed by atoms with Gasteiger partial charge in [0.2, 0.25) is 0 Å². The van der Waals surface area contributed by atoms with Crippen LogP contribution in [0.3, 0.4) is 0 Å². The Labute approximate surface area is 378 Å². The molecule has 62 heavy (non-hydrogen) atoms. The normalized spacial score (nSPS) is 13.4. The summed E-state index contributed by atoms with van der Waals surface area (Å²) in [5.41, 5.74) is 0. The Kier molecular flexibility index (Phi) is 45.2. The van der Waals surface area contributed by atoms with Crippen LogP contribution < -0.4 is 0 Å². The maximum atomic E-state index is 12.7. The van der Waals surface area contributed by atoms with Crippen molar-refractivity contribution in [1.29, 1.82) is 0 Å². The van der Waals surface area contributed by atoms with E-state index < -0.39 is 12.1 Å². The maximum Gasteiger partial charge on any atom is 0.306 e. The van der Waals surface area contributed by atoms with Crippen LogP contribution in [0.15, 0.2) is 146 Å². The summed E-state index contributed by atoms with van der Waals surface area (Å²) in [5.74, 6) is -1.13. The van der Waals surface area contributed by atoms with Gasteiger partial charge in [-0.15, -0.1) is 0 Å². The fourth-order valence-electron chi connectivity index (χ4n) is 5.73. The van der Waals surface area contributed by atoms with Crippen LogP contribution in [0.25, 0.3) is 0 Å². The van der Waals surface area contributed by atoms with E-state index in [1.165, 1.54) is 44.9 Å². The predicted molar refractivity (Wildman–Crippen MR) is 265 cm³/mol. The molecule has 0 amide bonds. The van der Waals surface area contributed by atoms with E-state index in [0.29, 0.717) is 25.7 Å². The minimum absolute atomic E-state index is 0.144. The summed E-state index contributed by atoms with van der Waals surface area (Å²) in [6.45, 7) is 6.22. The van der Waals surface area contributed by atoms with Gasteiger partial charge in [0.25, 0.3) is 0 Å². The third kappa shape index (κ3) is 46.4. The highest BCUT2D eigenvalue weighted by atomic mass is 16.6. The Bertz CT molecular complexity index is 1440. The van der Waals surface area contributed by atoms with Crippen LogP contribution in [0.4, 0.5) is 0 Å². The van der Waals surface area contributed by atoms with Crippen molar-refractivity contribution in [3.8, 4) is 0 Å². The topological polar surface area (TPSA) is 78.9 Å². The summed E-state index contributed by atoms with van der Waals surface area (Å²) >= 11 is 0. The Morgan fingerprint density at radius 1 is 0.355 bits per heavy atom. The number of carbonyl (C=O) groups is 3. The lowest BCUT2D eigenvalue weighted by atomic mass is 10.1. The van der Waals surface area contributed by atoms with Crippen LogP contribution in [0.2, 0.25) is 0 Å². The Balaban J connectivity index is 4.63. The van der Waals surface area contributed by atoms with E-state index in [1.54, 1.807) is 0 Å². The second-order valence-electron chi connectivity index (χ2n) is 15.2. The Morgan fingerprint density at radius 3 is 1.32 bits per heavy atom. The van der Waals surface area contributed by atoms with E-state index in [9.17, 15) is 14.4 Å². The first-order valence-electron chi connectivity index (χ1n) is 24.0. The third-order valence-electron chi connectivity index (χ3n) is 9.30. The molecule has 0 aliphatic rings. The quantitative estimate of drug-likeness (QED) is 0.0201. The van der Waals surface area contributed by atoms with Crippen molar-refractivity contribution in [2.75, 3.05) is 13.2 Å². The molecule has 1 unspecified atom stereocenters. The molecule has 344 valence electrons. The van der Waals surface area contributed by atoms with Gasteiger partial charge in [-0.25, -0.2) is 0 Å². The molecule has 0 N–H and O–H groups in total. The molecule has 0 aliphatic carbocycles. The first-order chi connectivity index (χ1) is 30.5. The van der Waals surface area contributed by atoms with Gasteiger partial charge in [-0.05, 0) is 70.6 Å². The lowest BCUT2D eigenvalue weighted by molar-refractivity contribution is -0.166. The van der Waals surface area contributed by atoms with E-state index in [0.717, 1.165) is 64.2 Å². The van der Waals surface area contributed by atoms with E-state index in [2.05, 4.69) is 69.4 Å². The lowest BCUT2D eigenvalue weighted by Crippen LogP contribution is -2.30.